The predicted molar refractivity (Wildman–Crippen MR) is 69.1 cm³/mol. The van der Waals surface area contributed by atoms with Gasteiger partial charge in [-0.3, -0.25) is 4.79 Å². The van der Waals surface area contributed by atoms with Crippen LogP contribution in [0.25, 0.3) is 0 Å². The molecule has 0 aliphatic rings. The van der Waals surface area contributed by atoms with Crippen LogP contribution in [0.3, 0.4) is 0 Å². The smallest absolute Gasteiger partial charge is 0.255 e. The van der Waals surface area contributed by atoms with Crippen LogP contribution in [0.2, 0.25) is 0 Å². The number of aromatic nitrogens is 1. The molecule has 1 amide bonds. The quantitative estimate of drug-likeness (QED) is 0.915. The van der Waals surface area contributed by atoms with Gasteiger partial charge in [0, 0.05) is 9.85 Å². The number of phenolic OH excluding ortho intramolecular Hbond substituents is 1. The van der Waals surface area contributed by atoms with Gasteiger partial charge in [-0.2, -0.15) is 0 Å². The van der Waals surface area contributed by atoms with Gasteiger partial charge in [-0.25, -0.2) is 4.98 Å². The van der Waals surface area contributed by atoms with E-state index in [0.29, 0.717) is 6.54 Å². The zero-order valence-electron chi connectivity index (χ0n) is 8.68. The average Bonchev–Trinajstić information content (AvgIpc) is 2.82. The number of hydrogen-bond acceptors (Lipinski definition) is 4. The molecule has 0 aliphatic carbocycles. The van der Waals surface area contributed by atoms with Crippen LogP contribution in [0.1, 0.15) is 16.1 Å². The minimum atomic E-state index is -0.322. The van der Waals surface area contributed by atoms with Gasteiger partial charge in [-0.05, 0) is 18.2 Å². The molecule has 6 heteroatoms. The summed E-state index contributed by atoms with van der Waals surface area (Å²) >= 11 is 4.73. The molecule has 0 spiro atoms. The topological polar surface area (TPSA) is 62.2 Å². The number of halogens is 1. The number of carbonyl (C=O) groups is 1. The lowest BCUT2D eigenvalue weighted by molar-refractivity contribution is 0.0948. The molecule has 2 N–H and O–H groups in total. The molecule has 2 aromatic rings. The van der Waals surface area contributed by atoms with Gasteiger partial charge in [0.25, 0.3) is 5.91 Å². The number of thiazole rings is 1. The van der Waals surface area contributed by atoms with Crippen molar-refractivity contribution in [2.75, 3.05) is 0 Å². The zero-order valence-corrected chi connectivity index (χ0v) is 11.1. The van der Waals surface area contributed by atoms with Crippen molar-refractivity contribution < 1.29 is 9.90 Å². The third-order valence-corrected chi connectivity index (χ3v) is 3.25. The second-order valence-corrected chi connectivity index (χ2v) is 4.96. The Morgan fingerprint density at radius 3 is 3.06 bits per heavy atom. The van der Waals surface area contributed by atoms with E-state index in [-0.39, 0.29) is 17.2 Å². The molecule has 1 aromatic carbocycles. The van der Waals surface area contributed by atoms with Crippen LogP contribution >= 0.6 is 27.3 Å². The molecule has 0 radical (unpaired) electrons. The number of aromatic hydroxyl groups is 1. The summed E-state index contributed by atoms with van der Waals surface area (Å²) in [6.45, 7) is 0.355. The molecule has 1 heterocycles. The van der Waals surface area contributed by atoms with Crippen molar-refractivity contribution in [2.24, 2.45) is 0 Å². The lowest BCUT2D eigenvalue weighted by Crippen LogP contribution is -2.23. The molecule has 2 rings (SSSR count). The molecule has 0 bridgehead atoms. The van der Waals surface area contributed by atoms with E-state index in [9.17, 15) is 9.90 Å². The highest BCUT2D eigenvalue weighted by Gasteiger charge is 2.11. The molecule has 0 unspecified atom stereocenters. The number of rotatable bonds is 3. The maximum Gasteiger partial charge on any atom is 0.255 e. The van der Waals surface area contributed by atoms with Gasteiger partial charge in [0.2, 0.25) is 0 Å². The minimum absolute atomic E-state index is 0.0380. The fraction of sp³-hybridized carbons (Fsp3) is 0.0909. The molecule has 0 saturated carbocycles. The minimum Gasteiger partial charge on any atom is -0.507 e. The van der Waals surface area contributed by atoms with Gasteiger partial charge < -0.3 is 10.4 Å². The number of carbonyl (C=O) groups excluding carboxylic acids is 1. The van der Waals surface area contributed by atoms with Crippen LogP contribution in [0.5, 0.6) is 5.75 Å². The number of nitrogens with one attached hydrogen (secondary N) is 1. The van der Waals surface area contributed by atoms with E-state index in [1.807, 2.05) is 5.38 Å². The molecule has 0 saturated heterocycles. The Labute approximate surface area is 110 Å². The molecular weight excluding hydrogens is 304 g/mol. The van der Waals surface area contributed by atoms with Crippen LogP contribution in [0, 0.1) is 0 Å². The number of hydrogen-bond donors (Lipinski definition) is 2. The first-order valence-corrected chi connectivity index (χ1v) is 6.54. The zero-order chi connectivity index (χ0) is 12.3. The molecule has 0 atom stereocenters. The first-order chi connectivity index (χ1) is 8.16. The molecule has 0 aliphatic heterocycles. The molecule has 1 aromatic heterocycles. The van der Waals surface area contributed by atoms with E-state index in [1.54, 1.807) is 17.6 Å². The first kappa shape index (κ1) is 12.1. The number of phenols is 1. The summed E-state index contributed by atoms with van der Waals surface area (Å²) in [5, 5.41) is 14.1. The normalized spacial score (nSPS) is 10.2. The summed E-state index contributed by atoms with van der Waals surface area (Å²) in [6.07, 6.45) is 0. The van der Waals surface area contributed by atoms with Crippen molar-refractivity contribution in [3.63, 3.8) is 0 Å². The van der Waals surface area contributed by atoms with Crippen molar-refractivity contribution in [1.82, 2.24) is 10.3 Å². The first-order valence-electron chi connectivity index (χ1n) is 4.80. The van der Waals surface area contributed by atoms with E-state index >= 15 is 0 Å². The molecule has 4 nitrogen and oxygen atoms in total. The SMILES string of the molecule is O=C(NCc1cscn1)c1cc(Br)ccc1O. The summed E-state index contributed by atoms with van der Waals surface area (Å²) in [5.41, 5.74) is 2.75. The fourth-order valence-electron chi connectivity index (χ4n) is 1.28. The van der Waals surface area contributed by atoms with E-state index in [2.05, 4.69) is 26.2 Å². The fourth-order valence-corrected chi connectivity index (χ4v) is 2.20. The van der Waals surface area contributed by atoms with Crippen LogP contribution in [0.15, 0.2) is 33.6 Å². The van der Waals surface area contributed by atoms with Crippen molar-refractivity contribution >= 4 is 33.2 Å². The summed E-state index contributed by atoms with van der Waals surface area (Å²) in [5.74, 6) is -0.360. The standard InChI is InChI=1S/C11H9BrN2O2S/c12-7-1-2-10(15)9(3-7)11(16)13-4-8-5-17-6-14-8/h1-3,5-6,15H,4H2,(H,13,16). The number of amides is 1. The Morgan fingerprint density at radius 2 is 2.35 bits per heavy atom. The number of benzene rings is 1. The highest BCUT2D eigenvalue weighted by atomic mass is 79.9. The van der Waals surface area contributed by atoms with Crippen molar-refractivity contribution in [3.05, 3.63) is 44.8 Å². The molecule has 88 valence electrons. The Bertz CT molecular complexity index is 528. The number of nitrogens with zero attached hydrogens (tertiary/aromatic N) is 1. The van der Waals surface area contributed by atoms with E-state index < -0.39 is 0 Å². The van der Waals surface area contributed by atoms with Gasteiger partial charge >= 0.3 is 0 Å². The molecular formula is C11H9BrN2O2S. The van der Waals surface area contributed by atoms with Crippen LogP contribution in [0.4, 0.5) is 0 Å². The van der Waals surface area contributed by atoms with E-state index in [1.165, 1.54) is 17.4 Å². The third kappa shape index (κ3) is 3.04. The molecule has 17 heavy (non-hydrogen) atoms. The Hall–Kier alpha value is -1.40. The van der Waals surface area contributed by atoms with Gasteiger partial charge in [0.1, 0.15) is 5.75 Å². The summed E-state index contributed by atoms with van der Waals surface area (Å²) < 4.78 is 0.745. The highest BCUT2D eigenvalue weighted by Crippen LogP contribution is 2.21. The third-order valence-electron chi connectivity index (χ3n) is 2.12. The Morgan fingerprint density at radius 1 is 1.53 bits per heavy atom. The average molecular weight is 313 g/mol. The highest BCUT2D eigenvalue weighted by molar-refractivity contribution is 9.10. The van der Waals surface area contributed by atoms with Crippen LogP contribution in [-0.4, -0.2) is 16.0 Å². The predicted octanol–water partition coefficient (Wildman–Crippen LogP) is 2.54. The van der Waals surface area contributed by atoms with Gasteiger partial charge in [0.05, 0.1) is 23.3 Å². The van der Waals surface area contributed by atoms with E-state index in [0.717, 1.165) is 10.2 Å². The van der Waals surface area contributed by atoms with Crippen LogP contribution in [-0.2, 0) is 6.54 Å². The van der Waals surface area contributed by atoms with Crippen molar-refractivity contribution in [3.8, 4) is 5.75 Å². The van der Waals surface area contributed by atoms with Gasteiger partial charge in [-0.15, -0.1) is 11.3 Å². The maximum atomic E-state index is 11.8. The van der Waals surface area contributed by atoms with Crippen molar-refractivity contribution in [2.45, 2.75) is 6.54 Å². The maximum absolute atomic E-state index is 11.8. The largest absolute Gasteiger partial charge is 0.507 e. The Balaban J connectivity index is 2.07. The lowest BCUT2D eigenvalue weighted by atomic mass is 10.2. The summed E-state index contributed by atoms with van der Waals surface area (Å²) in [6, 6.07) is 4.72. The second kappa shape index (κ2) is 5.29. The summed E-state index contributed by atoms with van der Waals surface area (Å²) in [4.78, 5) is 15.9. The monoisotopic (exact) mass is 312 g/mol. The van der Waals surface area contributed by atoms with Gasteiger partial charge in [-0.1, -0.05) is 15.9 Å². The second-order valence-electron chi connectivity index (χ2n) is 3.32. The van der Waals surface area contributed by atoms with E-state index in [4.69, 9.17) is 0 Å². The van der Waals surface area contributed by atoms with Gasteiger partial charge in [0.15, 0.2) is 0 Å². The van der Waals surface area contributed by atoms with Crippen molar-refractivity contribution in [1.29, 1.82) is 0 Å². The summed E-state index contributed by atoms with van der Waals surface area (Å²) in [7, 11) is 0. The lowest BCUT2D eigenvalue weighted by Gasteiger charge is -2.05. The van der Waals surface area contributed by atoms with Crippen LogP contribution < -0.4 is 5.32 Å². The molecule has 0 fully saturated rings. The Kier molecular flexibility index (Phi) is 3.75.